The van der Waals surface area contributed by atoms with Gasteiger partial charge in [0.1, 0.15) is 18.2 Å². The lowest BCUT2D eigenvalue weighted by molar-refractivity contribution is 0.163. The minimum Gasteiger partial charge on any atom is -0.473 e. The number of anilines is 1. The highest BCUT2D eigenvalue weighted by molar-refractivity contribution is 5.41. The van der Waals surface area contributed by atoms with Gasteiger partial charge in [-0.15, -0.1) is 0 Å². The summed E-state index contributed by atoms with van der Waals surface area (Å²) in [7, 11) is 1.69. The zero-order valence-electron chi connectivity index (χ0n) is 14.6. The molecule has 2 heterocycles. The van der Waals surface area contributed by atoms with Crippen molar-refractivity contribution >= 4 is 5.82 Å². The van der Waals surface area contributed by atoms with Gasteiger partial charge in [0.25, 0.3) is 0 Å². The number of benzene rings is 1. The van der Waals surface area contributed by atoms with Crippen molar-refractivity contribution in [3.8, 4) is 11.9 Å². The molecule has 1 aromatic carbocycles. The summed E-state index contributed by atoms with van der Waals surface area (Å²) in [6, 6.07) is 12.1. The van der Waals surface area contributed by atoms with Crippen LogP contribution < -0.4 is 15.0 Å². The van der Waals surface area contributed by atoms with Gasteiger partial charge >= 0.3 is 0 Å². The maximum absolute atomic E-state index is 13.9. The minimum atomic E-state index is -0.454. The summed E-state index contributed by atoms with van der Waals surface area (Å²) in [5.74, 6) is 0.809. The number of nitrogens with zero attached hydrogens (tertiary/aromatic N) is 3. The van der Waals surface area contributed by atoms with Crippen LogP contribution in [0.2, 0.25) is 0 Å². The first-order valence-electron chi connectivity index (χ1n) is 8.45. The molecule has 1 saturated heterocycles. The van der Waals surface area contributed by atoms with Crippen LogP contribution in [0.15, 0.2) is 36.4 Å². The predicted molar refractivity (Wildman–Crippen MR) is 95.6 cm³/mol. The molecular formula is C19H21FN4O2. The van der Waals surface area contributed by atoms with Crippen LogP contribution in [0, 0.1) is 17.1 Å². The molecule has 6 nitrogen and oxygen atoms in total. The second kappa shape index (κ2) is 8.61. The second-order valence-electron chi connectivity index (χ2n) is 6.09. The molecule has 136 valence electrons. The molecule has 1 unspecified atom stereocenters. The molecule has 26 heavy (non-hydrogen) atoms. The lowest BCUT2D eigenvalue weighted by Gasteiger charge is -2.34. The maximum Gasteiger partial charge on any atom is 0.215 e. The van der Waals surface area contributed by atoms with Crippen LogP contribution in [-0.2, 0) is 11.3 Å². The van der Waals surface area contributed by atoms with E-state index in [9.17, 15) is 4.39 Å². The van der Waals surface area contributed by atoms with E-state index in [0.717, 1.165) is 25.5 Å². The Balaban J connectivity index is 1.65. The largest absolute Gasteiger partial charge is 0.473 e. The molecule has 1 N–H and O–H groups in total. The highest BCUT2D eigenvalue weighted by atomic mass is 19.1. The average molecular weight is 356 g/mol. The van der Waals surface area contributed by atoms with Gasteiger partial charge in [0.15, 0.2) is 0 Å². The number of piperazine rings is 1. The highest BCUT2D eigenvalue weighted by Crippen LogP contribution is 2.19. The third-order valence-electron chi connectivity index (χ3n) is 4.21. The summed E-state index contributed by atoms with van der Waals surface area (Å²) >= 11 is 0. The van der Waals surface area contributed by atoms with Gasteiger partial charge in [-0.1, -0.05) is 12.1 Å². The van der Waals surface area contributed by atoms with Crippen LogP contribution in [-0.4, -0.2) is 44.4 Å². The fraction of sp³-hybridized carbons (Fsp3) is 0.368. The number of hydrogen-bond acceptors (Lipinski definition) is 6. The number of hydrogen-bond donors (Lipinski definition) is 1. The van der Waals surface area contributed by atoms with Crippen molar-refractivity contribution in [1.82, 2.24) is 10.3 Å². The van der Waals surface area contributed by atoms with E-state index in [1.807, 2.05) is 18.2 Å². The number of ether oxygens (including phenoxy) is 2. The van der Waals surface area contributed by atoms with Crippen LogP contribution in [0.1, 0.15) is 11.1 Å². The molecule has 0 radical (unpaired) electrons. The number of nitrogens with one attached hydrogen (secondary N) is 1. The molecule has 1 aromatic heterocycles. The van der Waals surface area contributed by atoms with Crippen molar-refractivity contribution in [2.24, 2.45) is 0 Å². The van der Waals surface area contributed by atoms with Crippen LogP contribution in [0.4, 0.5) is 10.2 Å². The molecule has 2 aromatic rings. The van der Waals surface area contributed by atoms with Crippen molar-refractivity contribution in [1.29, 1.82) is 5.26 Å². The van der Waals surface area contributed by atoms with E-state index in [-0.39, 0.29) is 18.2 Å². The van der Waals surface area contributed by atoms with Crippen molar-refractivity contribution in [2.45, 2.75) is 12.6 Å². The first-order chi connectivity index (χ1) is 12.7. The smallest absolute Gasteiger partial charge is 0.215 e. The number of nitriles is 1. The van der Waals surface area contributed by atoms with Crippen molar-refractivity contribution < 1.29 is 13.9 Å². The first-order valence-corrected chi connectivity index (χ1v) is 8.45. The third kappa shape index (κ3) is 4.48. The topological polar surface area (TPSA) is 70.4 Å². The zero-order valence-corrected chi connectivity index (χ0v) is 14.6. The van der Waals surface area contributed by atoms with Gasteiger partial charge in [-0.05, 0) is 18.2 Å². The molecule has 7 heteroatoms. The highest BCUT2D eigenvalue weighted by Gasteiger charge is 2.20. The van der Waals surface area contributed by atoms with Gasteiger partial charge in [-0.3, -0.25) is 0 Å². The molecule has 1 fully saturated rings. The van der Waals surface area contributed by atoms with Crippen molar-refractivity contribution in [2.75, 3.05) is 38.3 Å². The third-order valence-corrected chi connectivity index (χ3v) is 4.21. The van der Waals surface area contributed by atoms with Gasteiger partial charge in [-0.2, -0.15) is 10.2 Å². The molecule has 0 saturated carbocycles. The summed E-state index contributed by atoms with van der Waals surface area (Å²) in [6.07, 6.45) is 0. The molecule has 0 bridgehead atoms. The quantitative estimate of drug-likeness (QED) is 0.855. The van der Waals surface area contributed by atoms with Crippen LogP contribution in [0.3, 0.4) is 0 Å². The normalized spacial score (nSPS) is 17.0. The summed E-state index contributed by atoms with van der Waals surface area (Å²) in [5.41, 5.74) is 0.675. The van der Waals surface area contributed by atoms with Gasteiger partial charge in [-0.25, -0.2) is 4.39 Å². The summed E-state index contributed by atoms with van der Waals surface area (Å²) in [5, 5.41) is 12.2. The lowest BCUT2D eigenvalue weighted by atomic mass is 10.1. The minimum absolute atomic E-state index is 0.0574. The number of aromatic nitrogens is 1. The van der Waals surface area contributed by atoms with Crippen molar-refractivity contribution in [3.05, 3.63) is 53.3 Å². The summed E-state index contributed by atoms with van der Waals surface area (Å²) < 4.78 is 24.8. The molecule has 3 rings (SSSR count). The van der Waals surface area contributed by atoms with Crippen LogP contribution in [0.25, 0.3) is 0 Å². The number of methoxy groups -OCH3 is 1. The van der Waals surface area contributed by atoms with Crippen LogP contribution in [0.5, 0.6) is 5.88 Å². The lowest BCUT2D eigenvalue weighted by Crippen LogP contribution is -2.52. The Morgan fingerprint density at radius 3 is 3.04 bits per heavy atom. The second-order valence-corrected chi connectivity index (χ2v) is 6.09. The number of halogens is 1. The Labute approximate surface area is 152 Å². The van der Waals surface area contributed by atoms with E-state index >= 15 is 0 Å². The fourth-order valence-corrected chi connectivity index (χ4v) is 2.89. The molecule has 0 amide bonds. The van der Waals surface area contributed by atoms with Gasteiger partial charge in [0.2, 0.25) is 5.88 Å². The van der Waals surface area contributed by atoms with Crippen molar-refractivity contribution in [3.63, 3.8) is 0 Å². The number of pyridine rings is 1. The molecular weight excluding hydrogens is 335 g/mol. The van der Waals surface area contributed by atoms with Gasteiger partial charge < -0.3 is 19.7 Å². The van der Waals surface area contributed by atoms with E-state index in [1.165, 1.54) is 6.07 Å². The van der Waals surface area contributed by atoms with Gasteiger partial charge in [0, 0.05) is 44.4 Å². The Morgan fingerprint density at radius 2 is 2.27 bits per heavy atom. The Morgan fingerprint density at radius 1 is 1.38 bits per heavy atom. The monoisotopic (exact) mass is 356 g/mol. The molecule has 1 aliphatic rings. The number of rotatable bonds is 6. The summed E-state index contributed by atoms with van der Waals surface area (Å²) in [6.45, 7) is 3.21. The molecule has 1 aliphatic heterocycles. The Hall–Kier alpha value is -2.69. The van der Waals surface area contributed by atoms with E-state index in [1.54, 1.807) is 25.3 Å². The van der Waals surface area contributed by atoms with Crippen LogP contribution >= 0.6 is 0 Å². The maximum atomic E-state index is 13.9. The van der Waals surface area contributed by atoms with E-state index in [2.05, 4.69) is 15.2 Å². The molecule has 1 atom stereocenters. The summed E-state index contributed by atoms with van der Waals surface area (Å²) in [4.78, 5) is 6.71. The molecule has 0 aliphatic carbocycles. The first kappa shape index (κ1) is 18.1. The Bertz CT molecular complexity index is 791. The van der Waals surface area contributed by atoms with E-state index < -0.39 is 5.82 Å². The van der Waals surface area contributed by atoms with Gasteiger partial charge in [0.05, 0.1) is 18.2 Å². The zero-order chi connectivity index (χ0) is 18.4. The fourth-order valence-electron chi connectivity index (χ4n) is 2.89. The predicted octanol–water partition coefficient (Wildman–Crippen LogP) is 2.10. The molecule has 0 spiro atoms. The SMILES string of the molecule is COCC1CN(c2cccc(OCc3ccc(C#N)cc3F)n2)CCN1. The van der Waals surface area contributed by atoms with E-state index in [0.29, 0.717) is 18.1 Å². The Kier molecular flexibility index (Phi) is 6.00. The van der Waals surface area contributed by atoms with E-state index in [4.69, 9.17) is 14.7 Å². The average Bonchev–Trinajstić information content (AvgIpc) is 2.68. The standard InChI is InChI=1S/C19H21FN4O2/c1-25-13-16-11-24(8-7-22-16)18-3-2-4-19(23-18)26-12-15-6-5-14(10-21)9-17(15)20/h2-6,9,16,22H,7-8,11-13H2,1H3.